The van der Waals surface area contributed by atoms with Crippen molar-refractivity contribution in [2.45, 2.75) is 86.4 Å². The van der Waals surface area contributed by atoms with Crippen LogP contribution in [-0.2, 0) is 4.74 Å². The van der Waals surface area contributed by atoms with Crippen LogP contribution in [0.4, 0.5) is 0 Å². The van der Waals surface area contributed by atoms with Crippen LogP contribution in [-0.4, -0.2) is 12.2 Å². The van der Waals surface area contributed by atoms with E-state index in [4.69, 9.17) is 4.74 Å². The van der Waals surface area contributed by atoms with E-state index in [2.05, 4.69) is 48.5 Å². The summed E-state index contributed by atoms with van der Waals surface area (Å²) in [5, 5.41) is 0. The molecule has 1 heteroatoms. The van der Waals surface area contributed by atoms with Crippen LogP contribution in [0.1, 0.15) is 74.1 Å². The molecule has 5 unspecified atom stereocenters. The smallest absolute Gasteiger partial charge is 0.0630 e. The van der Waals surface area contributed by atoms with Crippen LogP contribution in [0.25, 0.3) is 0 Å². The Morgan fingerprint density at radius 2 is 1.47 bits per heavy atom. The molecule has 19 heavy (non-hydrogen) atoms. The van der Waals surface area contributed by atoms with Gasteiger partial charge in [0.1, 0.15) is 0 Å². The molecule has 1 nitrogen and oxygen atoms in total. The van der Waals surface area contributed by atoms with Crippen LogP contribution in [0.3, 0.4) is 0 Å². The largest absolute Gasteiger partial charge is 0.374 e. The Kier molecular flexibility index (Phi) is 4.09. The fraction of sp³-hybridized carbons (Fsp3) is 1.00. The zero-order valence-electron chi connectivity index (χ0n) is 14.1. The first-order valence-electron chi connectivity index (χ1n) is 8.24. The molecule has 0 radical (unpaired) electrons. The number of ether oxygens (including phenoxy) is 1. The van der Waals surface area contributed by atoms with Gasteiger partial charge in [-0.25, -0.2) is 0 Å². The highest BCUT2D eigenvalue weighted by Crippen LogP contribution is 2.50. The first-order valence-corrected chi connectivity index (χ1v) is 8.24. The molecule has 1 saturated carbocycles. The van der Waals surface area contributed by atoms with E-state index in [-0.39, 0.29) is 5.41 Å². The lowest BCUT2D eigenvalue weighted by atomic mass is 9.60. The summed E-state index contributed by atoms with van der Waals surface area (Å²) < 4.78 is 6.53. The predicted octanol–water partition coefficient (Wildman–Crippen LogP) is 5.29. The molecule has 0 N–H and O–H groups in total. The Balaban J connectivity index is 2.22. The minimum atomic E-state index is 0.275. The van der Waals surface area contributed by atoms with Gasteiger partial charge in [0.15, 0.2) is 0 Å². The minimum absolute atomic E-state index is 0.275. The van der Waals surface area contributed by atoms with E-state index < -0.39 is 0 Å². The molecule has 0 aromatic carbocycles. The summed E-state index contributed by atoms with van der Waals surface area (Å²) in [6.07, 6.45) is 6.23. The molecular weight excluding hydrogens is 232 g/mol. The molecule has 1 aliphatic carbocycles. The van der Waals surface area contributed by atoms with Gasteiger partial charge < -0.3 is 4.74 Å². The average molecular weight is 266 g/mol. The monoisotopic (exact) mass is 266 g/mol. The van der Waals surface area contributed by atoms with Gasteiger partial charge in [-0.1, -0.05) is 48.5 Å². The molecule has 1 heterocycles. The highest BCUT2D eigenvalue weighted by molar-refractivity contribution is 4.96. The summed E-state index contributed by atoms with van der Waals surface area (Å²) in [6.45, 7) is 16.7. The Morgan fingerprint density at radius 3 is 2.00 bits per heavy atom. The van der Waals surface area contributed by atoms with Gasteiger partial charge in [0.2, 0.25) is 0 Å². The standard InChI is InChI=1S/C18H34O/c1-12-8-9-15-13(10-12)14(17(2,3)4)11-16(19-15)18(5,6)7/h12-16H,8-11H2,1-7H3. The average Bonchev–Trinajstić information content (AvgIpc) is 2.24. The Morgan fingerprint density at radius 1 is 0.842 bits per heavy atom. The zero-order chi connectivity index (χ0) is 14.4. The van der Waals surface area contributed by atoms with Crippen molar-refractivity contribution in [3.63, 3.8) is 0 Å². The van der Waals surface area contributed by atoms with Crippen molar-refractivity contribution in [3.8, 4) is 0 Å². The molecule has 5 atom stereocenters. The molecule has 2 aliphatic rings. The molecule has 2 fully saturated rings. The van der Waals surface area contributed by atoms with E-state index in [1.807, 2.05) is 0 Å². The topological polar surface area (TPSA) is 9.23 Å². The Labute approximate surface area is 120 Å². The molecule has 1 saturated heterocycles. The van der Waals surface area contributed by atoms with Crippen molar-refractivity contribution >= 4 is 0 Å². The van der Waals surface area contributed by atoms with E-state index in [9.17, 15) is 0 Å². The number of hydrogen-bond acceptors (Lipinski definition) is 1. The van der Waals surface area contributed by atoms with E-state index >= 15 is 0 Å². The van der Waals surface area contributed by atoms with Crippen LogP contribution >= 0.6 is 0 Å². The van der Waals surface area contributed by atoms with Gasteiger partial charge >= 0.3 is 0 Å². The molecule has 0 aromatic rings. The SMILES string of the molecule is CC1CCC2OC(C(C)(C)C)CC(C(C)(C)C)C2C1. The first-order chi connectivity index (χ1) is 8.59. The third-order valence-corrected chi connectivity index (χ3v) is 5.50. The second kappa shape index (κ2) is 5.06. The van der Waals surface area contributed by atoms with Crippen molar-refractivity contribution in [1.29, 1.82) is 0 Å². The molecule has 2 rings (SSSR count). The third-order valence-electron chi connectivity index (χ3n) is 5.50. The van der Waals surface area contributed by atoms with Gasteiger partial charge in [0.25, 0.3) is 0 Å². The van der Waals surface area contributed by atoms with Gasteiger partial charge in [0, 0.05) is 0 Å². The van der Waals surface area contributed by atoms with Crippen molar-refractivity contribution in [1.82, 2.24) is 0 Å². The summed E-state index contributed by atoms with van der Waals surface area (Å²) in [5.74, 6) is 2.50. The van der Waals surface area contributed by atoms with Gasteiger partial charge in [-0.2, -0.15) is 0 Å². The quantitative estimate of drug-likeness (QED) is 0.579. The van der Waals surface area contributed by atoms with Gasteiger partial charge in [-0.05, 0) is 54.3 Å². The first kappa shape index (κ1) is 15.4. The highest BCUT2D eigenvalue weighted by atomic mass is 16.5. The van der Waals surface area contributed by atoms with E-state index in [0.29, 0.717) is 17.6 Å². The van der Waals surface area contributed by atoms with E-state index in [1.54, 1.807) is 0 Å². The summed E-state index contributed by atoms with van der Waals surface area (Å²) in [5.41, 5.74) is 0.685. The van der Waals surface area contributed by atoms with Crippen molar-refractivity contribution in [3.05, 3.63) is 0 Å². The minimum Gasteiger partial charge on any atom is -0.374 e. The molecule has 1 aliphatic heterocycles. The number of hydrogen-bond donors (Lipinski definition) is 0. The summed E-state index contributed by atoms with van der Waals surface area (Å²) in [4.78, 5) is 0. The van der Waals surface area contributed by atoms with Crippen molar-refractivity contribution < 1.29 is 4.74 Å². The molecule has 0 spiro atoms. The second-order valence-corrected chi connectivity index (χ2v) is 9.32. The number of fused-ring (bicyclic) bond motifs is 1. The predicted molar refractivity (Wildman–Crippen MR) is 82.2 cm³/mol. The second-order valence-electron chi connectivity index (χ2n) is 9.32. The van der Waals surface area contributed by atoms with E-state index in [1.165, 1.54) is 25.7 Å². The van der Waals surface area contributed by atoms with Crippen molar-refractivity contribution in [2.24, 2.45) is 28.6 Å². The van der Waals surface area contributed by atoms with Gasteiger partial charge in [0.05, 0.1) is 12.2 Å². The van der Waals surface area contributed by atoms with E-state index in [0.717, 1.165) is 17.8 Å². The molecule has 0 amide bonds. The van der Waals surface area contributed by atoms with Crippen LogP contribution in [0.15, 0.2) is 0 Å². The fourth-order valence-electron chi connectivity index (χ4n) is 4.21. The van der Waals surface area contributed by atoms with Crippen LogP contribution < -0.4 is 0 Å². The van der Waals surface area contributed by atoms with Crippen LogP contribution in [0.5, 0.6) is 0 Å². The Hall–Kier alpha value is -0.0400. The lowest BCUT2D eigenvalue weighted by Crippen LogP contribution is -2.51. The fourth-order valence-corrected chi connectivity index (χ4v) is 4.21. The van der Waals surface area contributed by atoms with Crippen molar-refractivity contribution in [2.75, 3.05) is 0 Å². The summed E-state index contributed by atoms with van der Waals surface area (Å²) >= 11 is 0. The summed E-state index contributed by atoms with van der Waals surface area (Å²) in [6, 6.07) is 0. The maximum atomic E-state index is 6.53. The molecule has 112 valence electrons. The zero-order valence-corrected chi connectivity index (χ0v) is 14.1. The molecular formula is C18H34O. The normalized spacial score (nSPS) is 40.9. The maximum absolute atomic E-state index is 6.53. The molecule has 0 aromatic heterocycles. The Bertz CT molecular complexity index is 307. The lowest BCUT2D eigenvalue weighted by Gasteiger charge is -2.53. The summed E-state index contributed by atoms with van der Waals surface area (Å²) in [7, 11) is 0. The van der Waals surface area contributed by atoms with Gasteiger partial charge in [-0.15, -0.1) is 0 Å². The highest BCUT2D eigenvalue weighted by Gasteiger charge is 2.47. The number of rotatable bonds is 0. The third kappa shape index (κ3) is 3.35. The lowest BCUT2D eigenvalue weighted by molar-refractivity contribution is -0.180. The van der Waals surface area contributed by atoms with Crippen LogP contribution in [0.2, 0.25) is 0 Å². The van der Waals surface area contributed by atoms with Gasteiger partial charge in [-0.3, -0.25) is 0 Å². The molecule has 0 bridgehead atoms. The van der Waals surface area contributed by atoms with Crippen LogP contribution in [0, 0.1) is 28.6 Å². The maximum Gasteiger partial charge on any atom is 0.0630 e.